The normalized spacial score (nSPS) is 24.7. The third-order valence-corrected chi connectivity index (χ3v) is 11.5. The number of methoxy groups -OCH3 is 1. The highest BCUT2D eigenvalue weighted by atomic mass is 79.9. The van der Waals surface area contributed by atoms with E-state index in [0.29, 0.717) is 13.0 Å². The average Bonchev–Trinajstić information content (AvgIpc) is 3.13. The van der Waals surface area contributed by atoms with E-state index in [0.717, 1.165) is 33.3 Å². The Balaban J connectivity index is 1.54. The topological polar surface area (TPSA) is 59.1 Å². The number of carbonyl (C=O) groups is 2. The van der Waals surface area contributed by atoms with Crippen molar-refractivity contribution in [1.82, 2.24) is 9.80 Å². The van der Waals surface area contributed by atoms with Crippen molar-refractivity contribution in [2.45, 2.75) is 32.7 Å². The molecule has 6 nitrogen and oxygen atoms in total. The first kappa shape index (κ1) is 28.1. The molecule has 0 aliphatic carbocycles. The maximum Gasteiger partial charge on any atom is 0.262 e. The lowest BCUT2D eigenvalue weighted by atomic mass is 9.97. The molecule has 2 bridgehead atoms. The average molecular weight is 628 g/mol. The van der Waals surface area contributed by atoms with Gasteiger partial charge in [-0.3, -0.25) is 9.59 Å². The first-order valence-electron chi connectivity index (χ1n) is 12.6. The van der Waals surface area contributed by atoms with Gasteiger partial charge in [0.1, 0.15) is 5.75 Å². The third-order valence-electron chi connectivity index (χ3n) is 7.38. The van der Waals surface area contributed by atoms with Crippen molar-refractivity contribution < 1.29 is 19.1 Å². The van der Waals surface area contributed by atoms with Gasteiger partial charge in [0, 0.05) is 25.8 Å². The summed E-state index contributed by atoms with van der Waals surface area (Å²) in [6.07, 6.45) is 0.403. The standard InChI is InChI=1S/C30H31BrN2O4S2/c1-32-28(35)30(20-37-19-23-7-5-4-6-8-23)33(2)27(34)29(32,17-21-9-11-22(18-31)12-10-21)38-26(39-30)24-13-15-25(36-3)16-14-24/h4-16,26H,17-20H2,1-3H3/t26?,29-,30-/m0/s1. The number of halogens is 1. The van der Waals surface area contributed by atoms with Crippen molar-refractivity contribution in [2.75, 3.05) is 27.8 Å². The van der Waals surface area contributed by atoms with Gasteiger partial charge in [0.15, 0.2) is 9.74 Å². The molecule has 0 aromatic heterocycles. The van der Waals surface area contributed by atoms with Crippen molar-refractivity contribution in [3.8, 4) is 5.75 Å². The molecule has 204 valence electrons. The zero-order chi connectivity index (χ0) is 27.6. The number of ether oxygens (including phenoxy) is 2. The van der Waals surface area contributed by atoms with E-state index >= 15 is 0 Å². The largest absolute Gasteiger partial charge is 0.497 e. The molecule has 3 aromatic rings. The minimum atomic E-state index is -1.20. The highest BCUT2D eigenvalue weighted by Gasteiger charge is 2.66. The molecule has 2 amide bonds. The highest BCUT2D eigenvalue weighted by Crippen LogP contribution is 2.61. The summed E-state index contributed by atoms with van der Waals surface area (Å²) in [7, 11) is 5.14. The van der Waals surface area contributed by atoms with Crippen molar-refractivity contribution >= 4 is 51.3 Å². The molecular formula is C30H31BrN2O4S2. The van der Waals surface area contributed by atoms with Crippen LogP contribution >= 0.6 is 39.5 Å². The van der Waals surface area contributed by atoms with Crippen molar-refractivity contribution in [2.24, 2.45) is 0 Å². The van der Waals surface area contributed by atoms with Gasteiger partial charge in [-0.25, -0.2) is 0 Å². The lowest BCUT2D eigenvalue weighted by Crippen LogP contribution is -2.73. The smallest absolute Gasteiger partial charge is 0.262 e. The summed E-state index contributed by atoms with van der Waals surface area (Å²) in [4.78, 5) is 29.6. The number of likely N-dealkylation sites (N-methyl/N-ethyl adjacent to an activating group) is 2. The van der Waals surface area contributed by atoms with Crippen molar-refractivity contribution in [1.29, 1.82) is 0 Å². The van der Waals surface area contributed by atoms with Crippen LogP contribution < -0.4 is 4.74 Å². The molecule has 0 saturated carbocycles. The summed E-state index contributed by atoms with van der Waals surface area (Å²) in [5, 5.41) is 0.759. The number of nitrogens with zero attached hydrogens (tertiary/aromatic N) is 2. The molecule has 0 spiro atoms. The van der Waals surface area contributed by atoms with Crippen LogP contribution in [0.1, 0.15) is 26.8 Å². The van der Waals surface area contributed by atoms with Gasteiger partial charge in [0.05, 0.1) is 24.9 Å². The van der Waals surface area contributed by atoms with Gasteiger partial charge >= 0.3 is 0 Å². The van der Waals surface area contributed by atoms with E-state index in [4.69, 9.17) is 9.47 Å². The van der Waals surface area contributed by atoms with Gasteiger partial charge < -0.3 is 19.3 Å². The lowest BCUT2D eigenvalue weighted by Gasteiger charge is -2.51. The summed E-state index contributed by atoms with van der Waals surface area (Å²) >= 11 is 6.52. The number of fused-ring (bicyclic) bond motifs is 4. The molecule has 3 aromatic carbocycles. The second-order valence-corrected chi connectivity index (χ2v) is 13.4. The van der Waals surface area contributed by atoms with Gasteiger partial charge in [-0.15, -0.1) is 23.5 Å². The summed E-state index contributed by atoms with van der Waals surface area (Å²) in [6.45, 7) is 0.439. The molecule has 6 rings (SSSR count). The molecule has 3 aliphatic heterocycles. The molecule has 3 saturated heterocycles. The number of piperazine rings is 1. The van der Waals surface area contributed by atoms with E-state index in [2.05, 4.69) is 28.1 Å². The monoisotopic (exact) mass is 626 g/mol. The van der Waals surface area contributed by atoms with E-state index in [1.54, 1.807) is 31.0 Å². The van der Waals surface area contributed by atoms with Gasteiger partial charge in [-0.2, -0.15) is 0 Å². The first-order valence-corrected chi connectivity index (χ1v) is 15.5. The van der Waals surface area contributed by atoms with Gasteiger partial charge in [-0.05, 0) is 34.4 Å². The molecule has 0 N–H and O–H groups in total. The van der Waals surface area contributed by atoms with Crippen LogP contribution in [0.25, 0.3) is 0 Å². The Hall–Kier alpha value is -2.46. The summed E-state index contributed by atoms with van der Waals surface area (Å²) in [5.41, 5.74) is 4.19. The van der Waals surface area contributed by atoms with Crippen LogP contribution in [0.5, 0.6) is 5.75 Å². The van der Waals surface area contributed by atoms with E-state index in [9.17, 15) is 9.59 Å². The second kappa shape index (κ2) is 11.6. The summed E-state index contributed by atoms with van der Waals surface area (Å²) < 4.78 is 11.4. The SMILES string of the molecule is COc1ccc(C2S[C@@]3(COCc4ccccc4)C(=O)N(C)[C@@](Cc4ccc(CBr)cc4)(S2)C(=O)N3C)cc1. The first-order chi connectivity index (χ1) is 18.8. The number of alkyl halides is 1. The Morgan fingerprint density at radius 1 is 0.795 bits per heavy atom. The van der Waals surface area contributed by atoms with Crippen molar-refractivity contribution in [3.05, 3.63) is 101 Å². The number of hydrogen-bond donors (Lipinski definition) is 0. The predicted molar refractivity (Wildman–Crippen MR) is 161 cm³/mol. The molecule has 0 radical (unpaired) electrons. The quantitative estimate of drug-likeness (QED) is 0.278. The third kappa shape index (κ3) is 5.22. The van der Waals surface area contributed by atoms with Crippen LogP contribution in [0.4, 0.5) is 0 Å². The number of benzene rings is 3. The highest BCUT2D eigenvalue weighted by molar-refractivity contribution is 9.08. The number of rotatable bonds is 9. The maximum absolute atomic E-state index is 14.3. The molecule has 3 atom stereocenters. The number of carbonyl (C=O) groups excluding carboxylic acids is 2. The van der Waals surface area contributed by atoms with Crippen LogP contribution in [-0.2, 0) is 32.7 Å². The van der Waals surface area contributed by atoms with E-state index in [-0.39, 0.29) is 23.0 Å². The second-order valence-electron chi connectivity index (χ2n) is 9.74. The van der Waals surface area contributed by atoms with Gasteiger partial charge in [-0.1, -0.05) is 82.7 Å². The fourth-order valence-electron chi connectivity index (χ4n) is 5.01. The fraction of sp³-hybridized carbons (Fsp3) is 0.333. The van der Waals surface area contributed by atoms with Crippen LogP contribution in [0, 0.1) is 0 Å². The molecule has 3 fully saturated rings. The zero-order valence-electron chi connectivity index (χ0n) is 22.1. The van der Waals surface area contributed by atoms with E-state index < -0.39 is 9.74 Å². The predicted octanol–water partition coefficient (Wildman–Crippen LogP) is 5.85. The Morgan fingerprint density at radius 3 is 2.03 bits per heavy atom. The molecule has 3 heterocycles. The molecule has 1 unspecified atom stereocenters. The minimum absolute atomic E-state index is 0.0845. The number of thioether (sulfide) groups is 2. The molecule has 9 heteroatoms. The maximum atomic E-state index is 14.3. The zero-order valence-corrected chi connectivity index (χ0v) is 25.4. The van der Waals surface area contributed by atoms with Gasteiger partial charge in [0.2, 0.25) is 0 Å². The van der Waals surface area contributed by atoms with Crippen LogP contribution in [0.3, 0.4) is 0 Å². The fourth-order valence-corrected chi connectivity index (χ4v) is 9.18. The minimum Gasteiger partial charge on any atom is -0.497 e. The van der Waals surface area contributed by atoms with Crippen LogP contribution in [-0.4, -0.2) is 59.2 Å². The van der Waals surface area contributed by atoms with E-state index in [1.165, 1.54) is 23.5 Å². The Kier molecular flexibility index (Phi) is 8.33. The Morgan fingerprint density at radius 2 is 1.38 bits per heavy atom. The van der Waals surface area contributed by atoms with Crippen molar-refractivity contribution in [3.63, 3.8) is 0 Å². The summed E-state index contributed by atoms with van der Waals surface area (Å²) in [6, 6.07) is 25.9. The Labute approximate surface area is 246 Å². The van der Waals surface area contributed by atoms with Crippen LogP contribution in [0.2, 0.25) is 0 Å². The molecule has 39 heavy (non-hydrogen) atoms. The molecule has 3 aliphatic rings. The van der Waals surface area contributed by atoms with Crippen LogP contribution in [0.15, 0.2) is 78.9 Å². The van der Waals surface area contributed by atoms with Gasteiger partial charge in [0.25, 0.3) is 11.8 Å². The number of amides is 2. The lowest BCUT2D eigenvalue weighted by molar-refractivity contribution is -0.166. The van der Waals surface area contributed by atoms with E-state index in [1.807, 2.05) is 66.7 Å². The number of hydrogen-bond acceptors (Lipinski definition) is 6. The molecular weight excluding hydrogens is 596 g/mol. The Bertz CT molecular complexity index is 1330. The summed E-state index contributed by atoms with van der Waals surface area (Å²) in [5.74, 6) is 0.545.